The van der Waals surface area contributed by atoms with Crippen LogP contribution in [0.3, 0.4) is 0 Å². The van der Waals surface area contributed by atoms with Crippen LogP contribution >= 0.6 is 0 Å². The quantitative estimate of drug-likeness (QED) is 0.475. The van der Waals surface area contributed by atoms with Crippen LogP contribution in [0.4, 0.5) is 4.79 Å². The van der Waals surface area contributed by atoms with Gasteiger partial charge in [0, 0.05) is 5.92 Å². The van der Waals surface area contributed by atoms with Crippen LogP contribution < -0.4 is 14.8 Å². The second-order valence-electron chi connectivity index (χ2n) is 7.77. The number of alkyl carbamates (subject to hydrolysis) is 1. The number of benzene rings is 1. The molecule has 150 valence electrons. The Labute approximate surface area is 156 Å². The molecular weight excluding hydrogens is 358 g/mol. The number of hydrogen-bond acceptors (Lipinski definition) is 8. The maximum atomic E-state index is 12.2. The van der Waals surface area contributed by atoms with Gasteiger partial charge in [-0.05, 0) is 38.5 Å². The van der Waals surface area contributed by atoms with Crippen molar-refractivity contribution in [2.45, 2.75) is 62.7 Å². The fraction of sp³-hybridized carbons (Fsp3) is 0.611. The van der Waals surface area contributed by atoms with Crippen molar-refractivity contribution >= 4 is 6.09 Å². The molecule has 0 unspecified atom stereocenters. The van der Waals surface area contributed by atoms with Crippen molar-refractivity contribution in [3.8, 4) is 11.5 Å². The number of amides is 1. The molecule has 2 aliphatic rings. The molecule has 1 fully saturated rings. The molecule has 5 N–H and O–H groups in total. The lowest BCUT2D eigenvalue weighted by Crippen LogP contribution is -2.65. The van der Waals surface area contributed by atoms with Crippen molar-refractivity contribution in [2.75, 3.05) is 6.79 Å². The lowest BCUT2D eigenvalue weighted by Gasteiger charge is -2.44. The van der Waals surface area contributed by atoms with E-state index in [4.69, 9.17) is 14.2 Å². The molecule has 1 aromatic rings. The molecule has 1 aliphatic heterocycles. The summed E-state index contributed by atoms with van der Waals surface area (Å²) in [5.41, 5.74) is -0.271. The minimum Gasteiger partial charge on any atom is -0.454 e. The first-order valence-corrected chi connectivity index (χ1v) is 8.70. The highest BCUT2D eigenvalue weighted by atomic mass is 16.7. The highest BCUT2D eigenvalue weighted by Gasteiger charge is 2.50. The second kappa shape index (κ2) is 7.16. The van der Waals surface area contributed by atoms with E-state index in [-0.39, 0.29) is 6.79 Å². The van der Waals surface area contributed by atoms with Gasteiger partial charge in [-0.25, -0.2) is 4.79 Å². The number of hydrogen-bond donors (Lipinski definition) is 5. The predicted molar refractivity (Wildman–Crippen MR) is 92.5 cm³/mol. The van der Waals surface area contributed by atoms with E-state index in [9.17, 15) is 25.2 Å². The summed E-state index contributed by atoms with van der Waals surface area (Å²) in [5, 5.41) is 43.7. The van der Waals surface area contributed by atoms with Crippen LogP contribution in [-0.4, -0.2) is 69.4 Å². The average molecular weight is 383 g/mol. The van der Waals surface area contributed by atoms with Crippen LogP contribution in [0.15, 0.2) is 18.2 Å². The third kappa shape index (κ3) is 3.96. The summed E-state index contributed by atoms with van der Waals surface area (Å²) in [6.07, 6.45) is -7.00. The molecule has 1 saturated carbocycles. The molecule has 1 aliphatic carbocycles. The Kier molecular flexibility index (Phi) is 5.22. The van der Waals surface area contributed by atoms with Gasteiger partial charge in [-0.15, -0.1) is 0 Å². The number of ether oxygens (including phenoxy) is 3. The molecule has 1 amide bonds. The lowest BCUT2D eigenvalue weighted by molar-refractivity contribution is -0.155. The summed E-state index contributed by atoms with van der Waals surface area (Å²) in [4.78, 5) is 12.2. The van der Waals surface area contributed by atoms with Gasteiger partial charge in [-0.1, -0.05) is 6.07 Å². The Hall–Kier alpha value is -2.07. The lowest BCUT2D eigenvalue weighted by atomic mass is 9.73. The topological polar surface area (TPSA) is 138 Å². The van der Waals surface area contributed by atoms with Gasteiger partial charge in [0.1, 0.15) is 23.9 Å². The van der Waals surface area contributed by atoms with Crippen molar-refractivity contribution in [3.63, 3.8) is 0 Å². The predicted octanol–water partition coefficient (Wildman–Crippen LogP) is -0.151. The van der Waals surface area contributed by atoms with E-state index in [0.717, 1.165) is 0 Å². The minimum absolute atomic E-state index is 0.0650. The minimum atomic E-state index is -1.63. The van der Waals surface area contributed by atoms with E-state index >= 15 is 0 Å². The average Bonchev–Trinajstić information content (AvgIpc) is 3.04. The van der Waals surface area contributed by atoms with E-state index in [1.54, 1.807) is 39.0 Å². The molecule has 9 heteroatoms. The van der Waals surface area contributed by atoms with Gasteiger partial charge in [0.15, 0.2) is 11.5 Å². The molecule has 0 radical (unpaired) electrons. The molecule has 0 bridgehead atoms. The van der Waals surface area contributed by atoms with Crippen molar-refractivity contribution < 1.29 is 39.4 Å². The summed E-state index contributed by atoms with van der Waals surface area (Å²) in [5.74, 6) is 0.0630. The Morgan fingerprint density at radius 2 is 1.67 bits per heavy atom. The molecule has 3 rings (SSSR count). The van der Waals surface area contributed by atoms with Gasteiger partial charge in [-0.2, -0.15) is 0 Å². The SMILES string of the molecule is CC(C)(C)OC(=O)N[C@H]1[C@H](O)[C@H](O)[C@@H](O)[C@H](O)[C@@H]1c1ccc2c(c1)OCO2. The molecule has 0 aromatic heterocycles. The van der Waals surface area contributed by atoms with Gasteiger partial charge in [0.25, 0.3) is 0 Å². The van der Waals surface area contributed by atoms with E-state index in [1.807, 2.05) is 0 Å². The zero-order valence-electron chi connectivity index (χ0n) is 15.3. The van der Waals surface area contributed by atoms with Crippen LogP contribution in [0.25, 0.3) is 0 Å². The van der Waals surface area contributed by atoms with Gasteiger partial charge in [0.05, 0.1) is 12.1 Å². The second-order valence-corrected chi connectivity index (χ2v) is 7.77. The van der Waals surface area contributed by atoms with Crippen molar-refractivity contribution in [3.05, 3.63) is 23.8 Å². The number of carbonyl (C=O) groups is 1. The summed E-state index contributed by atoms with van der Waals surface area (Å²) in [6.45, 7) is 5.13. The molecule has 0 saturated heterocycles. The van der Waals surface area contributed by atoms with Gasteiger partial charge < -0.3 is 40.0 Å². The van der Waals surface area contributed by atoms with Crippen LogP contribution in [-0.2, 0) is 4.74 Å². The standard InChI is InChI=1S/C18H25NO8/c1-18(2,3)27-17(24)19-12-11(13(20)15(22)16(23)14(12)21)8-4-5-9-10(6-8)26-7-25-9/h4-6,11-16,20-23H,7H2,1-3H3,(H,19,24)/t11-,12-,13-,14+,15+,16+/m1/s1. The van der Waals surface area contributed by atoms with Crippen LogP contribution in [0.5, 0.6) is 11.5 Å². The van der Waals surface area contributed by atoms with Crippen molar-refractivity contribution in [1.29, 1.82) is 0 Å². The smallest absolute Gasteiger partial charge is 0.407 e. The zero-order valence-corrected chi connectivity index (χ0v) is 15.3. The number of nitrogens with one attached hydrogen (secondary N) is 1. The van der Waals surface area contributed by atoms with Gasteiger partial charge >= 0.3 is 6.09 Å². The first-order valence-electron chi connectivity index (χ1n) is 8.70. The summed E-state index contributed by atoms with van der Waals surface area (Å²) < 4.78 is 15.8. The molecule has 27 heavy (non-hydrogen) atoms. The Morgan fingerprint density at radius 3 is 2.33 bits per heavy atom. The van der Waals surface area contributed by atoms with Gasteiger partial charge in [0.2, 0.25) is 6.79 Å². The summed E-state index contributed by atoms with van der Waals surface area (Å²) in [6, 6.07) is 3.78. The molecular formula is C18H25NO8. The highest BCUT2D eigenvalue weighted by Crippen LogP contribution is 2.40. The molecule has 1 heterocycles. The largest absolute Gasteiger partial charge is 0.454 e. The molecule has 9 nitrogen and oxygen atoms in total. The number of aliphatic hydroxyl groups is 4. The fourth-order valence-corrected chi connectivity index (χ4v) is 3.40. The van der Waals surface area contributed by atoms with Crippen LogP contribution in [0, 0.1) is 0 Å². The van der Waals surface area contributed by atoms with E-state index in [0.29, 0.717) is 17.1 Å². The number of rotatable bonds is 2. The fourth-order valence-electron chi connectivity index (χ4n) is 3.40. The third-order valence-electron chi connectivity index (χ3n) is 4.64. The number of fused-ring (bicyclic) bond motifs is 1. The third-order valence-corrected chi connectivity index (χ3v) is 4.64. The maximum absolute atomic E-state index is 12.2. The normalized spacial score (nSPS) is 32.9. The first-order chi connectivity index (χ1) is 12.6. The number of aliphatic hydroxyl groups excluding tert-OH is 4. The molecule has 1 aromatic carbocycles. The molecule has 6 atom stereocenters. The zero-order chi connectivity index (χ0) is 19.9. The van der Waals surface area contributed by atoms with Crippen LogP contribution in [0.2, 0.25) is 0 Å². The summed E-state index contributed by atoms with van der Waals surface area (Å²) >= 11 is 0. The Balaban J connectivity index is 1.92. The Morgan fingerprint density at radius 1 is 1.04 bits per heavy atom. The van der Waals surface area contributed by atoms with Gasteiger partial charge in [-0.3, -0.25) is 0 Å². The van der Waals surface area contributed by atoms with E-state index in [2.05, 4.69) is 5.32 Å². The van der Waals surface area contributed by atoms with Crippen molar-refractivity contribution in [1.82, 2.24) is 5.32 Å². The van der Waals surface area contributed by atoms with E-state index < -0.39 is 48.1 Å². The maximum Gasteiger partial charge on any atom is 0.407 e. The summed E-state index contributed by atoms with van der Waals surface area (Å²) in [7, 11) is 0. The van der Waals surface area contributed by atoms with Crippen molar-refractivity contribution in [2.24, 2.45) is 0 Å². The Bertz CT molecular complexity index is 703. The number of carbonyl (C=O) groups excluding carboxylic acids is 1. The first kappa shape index (κ1) is 19.7. The monoisotopic (exact) mass is 383 g/mol. The van der Waals surface area contributed by atoms with E-state index in [1.165, 1.54) is 0 Å². The molecule has 0 spiro atoms. The van der Waals surface area contributed by atoms with Crippen LogP contribution in [0.1, 0.15) is 32.3 Å². The highest BCUT2D eigenvalue weighted by molar-refractivity contribution is 5.68.